The molecule has 2 heterocycles. The van der Waals surface area contributed by atoms with Gasteiger partial charge in [0.05, 0.1) is 6.42 Å². The van der Waals surface area contributed by atoms with E-state index in [-0.39, 0.29) is 18.7 Å². The van der Waals surface area contributed by atoms with Gasteiger partial charge in [-0.3, -0.25) is 14.5 Å². The number of hydrogen-bond acceptors (Lipinski definition) is 6. The first-order valence-electron chi connectivity index (χ1n) is 7.77. The second kappa shape index (κ2) is 7.08. The van der Waals surface area contributed by atoms with E-state index in [2.05, 4.69) is 15.2 Å². The molecule has 1 aliphatic heterocycles. The summed E-state index contributed by atoms with van der Waals surface area (Å²) in [4.78, 5) is 27.2. The Balaban J connectivity index is 1.80. The molecule has 0 spiro atoms. The molecule has 8 nitrogen and oxygen atoms in total. The number of carbonyl (C=O) groups excluding carboxylic acids is 1. The summed E-state index contributed by atoms with van der Waals surface area (Å²) >= 11 is 0. The normalized spacial score (nSPS) is 16.6. The van der Waals surface area contributed by atoms with E-state index in [9.17, 15) is 9.59 Å². The maximum absolute atomic E-state index is 12.4. The second-order valence-corrected chi connectivity index (χ2v) is 6.86. The van der Waals surface area contributed by atoms with E-state index in [1.807, 2.05) is 25.7 Å². The highest BCUT2D eigenvalue weighted by Crippen LogP contribution is 2.26. The van der Waals surface area contributed by atoms with Crippen molar-refractivity contribution in [3.8, 4) is 0 Å². The summed E-state index contributed by atoms with van der Waals surface area (Å²) in [6, 6.07) is 0. The van der Waals surface area contributed by atoms with Gasteiger partial charge in [-0.15, -0.1) is 0 Å². The first-order chi connectivity index (χ1) is 10.8. The van der Waals surface area contributed by atoms with Gasteiger partial charge in [-0.05, 0) is 12.3 Å². The van der Waals surface area contributed by atoms with Crippen LogP contribution in [-0.2, 0) is 16.1 Å². The van der Waals surface area contributed by atoms with Crippen molar-refractivity contribution in [2.45, 2.75) is 40.2 Å². The minimum Gasteiger partial charge on any atom is -0.481 e. The Morgan fingerprint density at radius 1 is 1.17 bits per heavy atom. The number of nitrogens with zero attached hydrogens (tertiary/aromatic N) is 4. The molecule has 0 aromatic carbocycles. The van der Waals surface area contributed by atoms with E-state index >= 15 is 0 Å². The lowest BCUT2D eigenvalue weighted by Crippen LogP contribution is -2.49. The van der Waals surface area contributed by atoms with E-state index in [4.69, 9.17) is 9.74 Å². The first-order valence-corrected chi connectivity index (χ1v) is 7.77. The van der Waals surface area contributed by atoms with Crippen molar-refractivity contribution in [2.24, 2.45) is 5.41 Å². The average Bonchev–Trinajstić information content (AvgIpc) is 2.83. The van der Waals surface area contributed by atoms with Gasteiger partial charge in [-0.2, -0.15) is 0 Å². The molecule has 1 amide bonds. The van der Waals surface area contributed by atoms with Gasteiger partial charge in [-0.25, -0.2) is 4.63 Å². The van der Waals surface area contributed by atoms with Crippen molar-refractivity contribution >= 4 is 11.9 Å². The standard InChI is InChI=1S/C15H24N4O4/c1-11-12(17-23-16-11)10-18-4-6-19(7-5-18)13(20)8-15(2,3)9-14(21)22/h4-10H2,1-3H3,(H,21,22). The quantitative estimate of drug-likeness (QED) is 0.830. The SMILES string of the molecule is Cc1nonc1CN1CCN(C(=O)CC(C)(C)CC(=O)O)CC1. The van der Waals surface area contributed by atoms with Crippen LogP contribution < -0.4 is 0 Å². The zero-order valence-electron chi connectivity index (χ0n) is 13.9. The van der Waals surface area contributed by atoms with Crippen LogP contribution in [0.5, 0.6) is 0 Å². The van der Waals surface area contributed by atoms with E-state index in [1.54, 1.807) is 0 Å². The lowest BCUT2D eigenvalue weighted by molar-refractivity contribution is -0.141. The molecule has 0 radical (unpaired) electrons. The summed E-state index contributed by atoms with van der Waals surface area (Å²) in [7, 11) is 0. The Morgan fingerprint density at radius 3 is 2.35 bits per heavy atom. The van der Waals surface area contributed by atoms with Crippen LogP contribution in [0, 0.1) is 12.3 Å². The van der Waals surface area contributed by atoms with E-state index in [0.29, 0.717) is 19.6 Å². The van der Waals surface area contributed by atoms with Crippen LogP contribution in [0.1, 0.15) is 38.1 Å². The highest BCUT2D eigenvalue weighted by Gasteiger charge is 2.29. The molecule has 1 fully saturated rings. The van der Waals surface area contributed by atoms with Crippen LogP contribution in [0.3, 0.4) is 0 Å². The zero-order chi connectivity index (χ0) is 17.0. The summed E-state index contributed by atoms with van der Waals surface area (Å²) in [6.07, 6.45) is 0.253. The molecule has 0 aliphatic carbocycles. The molecular formula is C15H24N4O4. The molecule has 0 atom stereocenters. The fraction of sp³-hybridized carbons (Fsp3) is 0.733. The molecule has 1 saturated heterocycles. The number of carboxylic acids is 1. The van der Waals surface area contributed by atoms with Crippen molar-refractivity contribution in [1.29, 1.82) is 0 Å². The molecule has 0 unspecified atom stereocenters. The van der Waals surface area contributed by atoms with Crippen molar-refractivity contribution < 1.29 is 19.3 Å². The Labute approximate surface area is 135 Å². The molecule has 2 rings (SSSR count). The van der Waals surface area contributed by atoms with Gasteiger partial charge in [0.2, 0.25) is 5.91 Å². The summed E-state index contributed by atoms with van der Waals surface area (Å²) in [6.45, 7) is 8.97. The number of carbonyl (C=O) groups is 2. The number of carboxylic acid groups (broad SMARTS) is 1. The maximum atomic E-state index is 12.4. The smallest absolute Gasteiger partial charge is 0.303 e. The first kappa shape index (κ1) is 17.4. The third-order valence-electron chi connectivity index (χ3n) is 4.10. The fourth-order valence-electron chi connectivity index (χ4n) is 2.75. The van der Waals surface area contributed by atoms with Gasteiger partial charge in [0.15, 0.2) is 0 Å². The Kier molecular flexibility index (Phi) is 5.35. The Bertz CT molecular complexity index is 562. The van der Waals surface area contributed by atoms with Crippen LogP contribution in [0.25, 0.3) is 0 Å². The largest absolute Gasteiger partial charge is 0.481 e. The van der Waals surface area contributed by atoms with Crippen molar-refractivity contribution in [1.82, 2.24) is 20.1 Å². The summed E-state index contributed by atoms with van der Waals surface area (Å²) in [5.74, 6) is -0.848. The van der Waals surface area contributed by atoms with Gasteiger partial charge >= 0.3 is 5.97 Å². The van der Waals surface area contributed by atoms with E-state index in [0.717, 1.165) is 24.5 Å². The number of rotatable bonds is 6. The molecule has 1 aromatic rings. The molecule has 8 heteroatoms. The van der Waals surface area contributed by atoms with Gasteiger partial charge in [-0.1, -0.05) is 24.2 Å². The van der Waals surface area contributed by atoms with Crippen LogP contribution in [-0.4, -0.2) is 63.3 Å². The molecule has 23 heavy (non-hydrogen) atoms. The Hall–Kier alpha value is -1.96. The van der Waals surface area contributed by atoms with Crippen molar-refractivity contribution in [3.05, 3.63) is 11.4 Å². The molecule has 1 aliphatic rings. The lowest BCUT2D eigenvalue weighted by atomic mass is 9.85. The number of piperazine rings is 1. The average molecular weight is 324 g/mol. The van der Waals surface area contributed by atoms with Gasteiger partial charge in [0.25, 0.3) is 0 Å². The lowest BCUT2D eigenvalue weighted by Gasteiger charge is -2.36. The molecule has 1 N–H and O–H groups in total. The zero-order valence-corrected chi connectivity index (χ0v) is 13.9. The van der Waals surface area contributed by atoms with Crippen molar-refractivity contribution in [2.75, 3.05) is 26.2 Å². The number of aromatic nitrogens is 2. The van der Waals surface area contributed by atoms with Crippen molar-refractivity contribution in [3.63, 3.8) is 0 Å². The molecule has 0 bridgehead atoms. The summed E-state index contributed by atoms with van der Waals surface area (Å²) < 4.78 is 4.69. The molecular weight excluding hydrogens is 300 g/mol. The fourth-order valence-corrected chi connectivity index (χ4v) is 2.75. The number of aryl methyl sites for hydroxylation is 1. The van der Waals surface area contributed by atoms with E-state index in [1.165, 1.54) is 0 Å². The highest BCUT2D eigenvalue weighted by atomic mass is 16.6. The topological polar surface area (TPSA) is 99.8 Å². The van der Waals surface area contributed by atoms with Gasteiger partial charge in [0.1, 0.15) is 11.4 Å². The maximum Gasteiger partial charge on any atom is 0.303 e. The number of aliphatic carboxylic acids is 1. The second-order valence-electron chi connectivity index (χ2n) is 6.86. The highest BCUT2D eigenvalue weighted by molar-refractivity contribution is 5.78. The Morgan fingerprint density at radius 2 is 1.83 bits per heavy atom. The number of amides is 1. The van der Waals surface area contributed by atoms with Crippen LogP contribution in [0.4, 0.5) is 0 Å². The predicted octanol–water partition coefficient (Wildman–Crippen LogP) is 0.913. The molecule has 128 valence electrons. The van der Waals surface area contributed by atoms with Gasteiger partial charge < -0.3 is 10.0 Å². The van der Waals surface area contributed by atoms with Crippen LogP contribution >= 0.6 is 0 Å². The van der Waals surface area contributed by atoms with Gasteiger partial charge in [0, 0.05) is 39.1 Å². The molecule has 0 saturated carbocycles. The monoisotopic (exact) mass is 324 g/mol. The minimum atomic E-state index is -0.871. The summed E-state index contributed by atoms with van der Waals surface area (Å²) in [5, 5.41) is 16.5. The molecule has 1 aromatic heterocycles. The van der Waals surface area contributed by atoms with Crippen LogP contribution in [0.15, 0.2) is 4.63 Å². The predicted molar refractivity (Wildman–Crippen MR) is 81.5 cm³/mol. The third kappa shape index (κ3) is 5.02. The third-order valence-corrected chi connectivity index (χ3v) is 4.10. The van der Waals surface area contributed by atoms with E-state index < -0.39 is 11.4 Å². The number of hydrogen-bond donors (Lipinski definition) is 1. The summed E-state index contributed by atoms with van der Waals surface area (Å²) in [5.41, 5.74) is 1.09. The minimum absolute atomic E-state index is 0.00284. The van der Waals surface area contributed by atoms with Crippen LogP contribution in [0.2, 0.25) is 0 Å².